The topological polar surface area (TPSA) is 67.6 Å². The van der Waals surface area contributed by atoms with Crippen LogP contribution in [0.5, 0.6) is 5.75 Å². The monoisotopic (exact) mass is 334 g/mol. The lowest BCUT2D eigenvalue weighted by Crippen LogP contribution is -2.40. The summed E-state index contributed by atoms with van der Waals surface area (Å²) < 4.78 is 20.4. The van der Waals surface area contributed by atoms with Crippen molar-refractivity contribution < 1.29 is 9.13 Å². The van der Waals surface area contributed by atoms with Crippen molar-refractivity contribution in [3.8, 4) is 5.75 Å². The largest absolute Gasteiger partial charge is 0.492 e. The zero-order chi connectivity index (χ0) is 17.5. The van der Waals surface area contributed by atoms with Gasteiger partial charge in [0.1, 0.15) is 24.0 Å². The quantitative estimate of drug-likeness (QED) is 0.638. The van der Waals surface area contributed by atoms with Crippen molar-refractivity contribution in [2.24, 2.45) is 12.0 Å². The molecule has 24 heavy (non-hydrogen) atoms. The van der Waals surface area contributed by atoms with Crippen LogP contribution in [-0.2, 0) is 13.6 Å². The van der Waals surface area contributed by atoms with Crippen LogP contribution < -0.4 is 10.1 Å². The third-order valence-corrected chi connectivity index (χ3v) is 3.67. The third kappa shape index (κ3) is 4.68. The van der Waals surface area contributed by atoms with E-state index in [9.17, 15) is 4.39 Å². The number of halogens is 1. The molecular formula is C16H23FN6O. The molecule has 0 unspecified atom stereocenters. The van der Waals surface area contributed by atoms with Gasteiger partial charge in [-0.05, 0) is 31.2 Å². The van der Waals surface area contributed by atoms with Crippen LogP contribution in [-0.4, -0.2) is 52.9 Å². The van der Waals surface area contributed by atoms with E-state index in [1.165, 1.54) is 12.1 Å². The molecule has 2 rings (SSSR count). The lowest BCUT2D eigenvalue weighted by Gasteiger charge is -2.22. The van der Waals surface area contributed by atoms with Crippen molar-refractivity contribution >= 4 is 5.96 Å². The van der Waals surface area contributed by atoms with E-state index in [0.717, 1.165) is 17.6 Å². The number of aliphatic imine (C=N–C) groups is 1. The molecule has 1 heterocycles. The molecule has 0 aliphatic heterocycles. The van der Waals surface area contributed by atoms with Crippen LogP contribution in [0.15, 0.2) is 29.3 Å². The molecule has 0 fully saturated rings. The SMILES string of the molecule is CN=C(NCc1nnc(C)n1C)N(C)CCOc1ccc(F)cc1. The number of aryl methyl sites for hydroxylation is 1. The third-order valence-electron chi connectivity index (χ3n) is 3.67. The number of rotatable bonds is 6. The molecule has 0 radical (unpaired) electrons. The minimum Gasteiger partial charge on any atom is -0.492 e. The Morgan fingerprint density at radius 3 is 2.62 bits per heavy atom. The van der Waals surface area contributed by atoms with E-state index in [0.29, 0.717) is 25.4 Å². The van der Waals surface area contributed by atoms with Gasteiger partial charge in [-0.15, -0.1) is 10.2 Å². The number of nitrogens with one attached hydrogen (secondary N) is 1. The van der Waals surface area contributed by atoms with E-state index in [1.807, 2.05) is 30.5 Å². The number of nitrogens with zero attached hydrogens (tertiary/aromatic N) is 5. The molecule has 0 amide bonds. The van der Waals surface area contributed by atoms with Gasteiger partial charge in [0.05, 0.1) is 13.1 Å². The van der Waals surface area contributed by atoms with Crippen molar-refractivity contribution in [1.29, 1.82) is 0 Å². The van der Waals surface area contributed by atoms with Gasteiger partial charge < -0.3 is 19.5 Å². The molecule has 2 aromatic rings. The summed E-state index contributed by atoms with van der Waals surface area (Å²) in [5.41, 5.74) is 0. The Morgan fingerprint density at radius 2 is 2.04 bits per heavy atom. The first-order chi connectivity index (χ1) is 11.5. The summed E-state index contributed by atoms with van der Waals surface area (Å²) in [6.07, 6.45) is 0. The molecular weight excluding hydrogens is 311 g/mol. The number of hydrogen-bond donors (Lipinski definition) is 1. The van der Waals surface area contributed by atoms with E-state index in [4.69, 9.17) is 4.74 Å². The highest BCUT2D eigenvalue weighted by atomic mass is 19.1. The first-order valence-corrected chi connectivity index (χ1v) is 7.66. The van der Waals surface area contributed by atoms with Crippen molar-refractivity contribution in [3.05, 3.63) is 41.7 Å². The van der Waals surface area contributed by atoms with Crippen LogP contribution >= 0.6 is 0 Å². The molecule has 0 bridgehead atoms. The van der Waals surface area contributed by atoms with Crippen LogP contribution in [0.4, 0.5) is 4.39 Å². The highest BCUT2D eigenvalue weighted by molar-refractivity contribution is 5.79. The Labute approximate surface area is 141 Å². The van der Waals surface area contributed by atoms with E-state index in [1.54, 1.807) is 19.2 Å². The maximum atomic E-state index is 12.8. The summed E-state index contributed by atoms with van der Waals surface area (Å²) in [5.74, 6) is 2.80. The maximum absolute atomic E-state index is 12.8. The summed E-state index contributed by atoms with van der Waals surface area (Å²) in [6, 6.07) is 5.97. The number of aromatic nitrogens is 3. The van der Waals surface area contributed by atoms with Gasteiger partial charge in [0.15, 0.2) is 11.8 Å². The van der Waals surface area contributed by atoms with Crippen LogP contribution in [0.3, 0.4) is 0 Å². The molecule has 0 aliphatic carbocycles. The minimum atomic E-state index is -0.275. The van der Waals surface area contributed by atoms with Gasteiger partial charge in [0.25, 0.3) is 0 Å². The molecule has 0 aliphatic rings. The molecule has 1 aromatic carbocycles. The molecule has 0 saturated carbocycles. The molecule has 0 spiro atoms. The highest BCUT2D eigenvalue weighted by Crippen LogP contribution is 2.10. The average molecular weight is 334 g/mol. The molecule has 8 heteroatoms. The maximum Gasteiger partial charge on any atom is 0.193 e. The van der Waals surface area contributed by atoms with E-state index in [-0.39, 0.29) is 5.82 Å². The summed E-state index contributed by atoms with van der Waals surface area (Å²) in [7, 11) is 5.57. The molecule has 1 aromatic heterocycles. The predicted molar refractivity (Wildman–Crippen MR) is 90.5 cm³/mol. The summed E-state index contributed by atoms with van der Waals surface area (Å²) in [5, 5.41) is 11.4. The van der Waals surface area contributed by atoms with Crippen molar-refractivity contribution in [2.75, 3.05) is 27.2 Å². The van der Waals surface area contributed by atoms with Gasteiger partial charge in [0.2, 0.25) is 0 Å². The molecule has 130 valence electrons. The molecule has 0 atom stereocenters. The first kappa shape index (κ1) is 17.7. The Bertz CT molecular complexity index is 682. The van der Waals surface area contributed by atoms with E-state index < -0.39 is 0 Å². The second kappa shape index (κ2) is 8.28. The first-order valence-electron chi connectivity index (χ1n) is 7.66. The molecule has 7 nitrogen and oxygen atoms in total. The summed E-state index contributed by atoms with van der Waals surface area (Å²) >= 11 is 0. The number of guanidine groups is 1. The second-order valence-electron chi connectivity index (χ2n) is 5.35. The fraction of sp³-hybridized carbons (Fsp3) is 0.438. The van der Waals surface area contributed by atoms with Crippen molar-refractivity contribution in [1.82, 2.24) is 25.0 Å². The average Bonchev–Trinajstić information content (AvgIpc) is 2.89. The zero-order valence-corrected chi connectivity index (χ0v) is 14.5. The van der Waals surface area contributed by atoms with Crippen molar-refractivity contribution in [2.45, 2.75) is 13.5 Å². The normalized spacial score (nSPS) is 11.5. The van der Waals surface area contributed by atoms with Crippen LogP contribution in [0.25, 0.3) is 0 Å². The number of hydrogen-bond acceptors (Lipinski definition) is 4. The standard InChI is InChI=1S/C16H23FN6O/c1-12-20-21-15(23(12)4)11-19-16(18-2)22(3)9-10-24-14-7-5-13(17)6-8-14/h5-8H,9-11H2,1-4H3,(H,18,19). The van der Waals surface area contributed by atoms with Crippen LogP contribution in [0.2, 0.25) is 0 Å². The zero-order valence-electron chi connectivity index (χ0n) is 14.5. The van der Waals surface area contributed by atoms with Crippen LogP contribution in [0, 0.1) is 12.7 Å². The smallest absolute Gasteiger partial charge is 0.193 e. The van der Waals surface area contributed by atoms with E-state index in [2.05, 4.69) is 20.5 Å². The summed E-state index contributed by atoms with van der Waals surface area (Å²) in [6.45, 7) is 3.54. The Hall–Kier alpha value is -2.64. The second-order valence-corrected chi connectivity index (χ2v) is 5.35. The number of benzene rings is 1. The lowest BCUT2D eigenvalue weighted by molar-refractivity contribution is 0.281. The molecule has 1 N–H and O–H groups in total. The van der Waals surface area contributed by atoms with Gasteiger partial charge in [-0.2, -0.15) is 0 Å². The number of likely N-dealkylation sites (N-methyl/N-ethyl adjacent to an activating group) is 1. The van der Waals surface area contributed by atoms with E-state index >= 15 is 0 Å². The van der Waals surface area contributed by atoms with Gasteiger partial charge in [0, 0.05) is 21.1 Å². The fourth-order valence-corrected chi connectivity index (χ4v) is 2.08. The molecule has 0 saturated heterocycles. The van der Waals surface area contributed by atoms with Gasteiger partial charge in [-0.3, -0.25) is 4.99 Å². The minimum absolute atomic E-state index is 0.275. The Balaban J connectivity index is 1.79. The summed E-state index contributed by atoms with van der Waals surface area (Å²) in [4.78, 5) is 6.20. The Kier molecular flexibility index (Phi) is 6.11. The van der Waals surface area contributed by atoms with Crippen LogP contribution in [0.1, 0.15) is 11.6 Å². The lowest BCUT2D eigenvalue weighted by atomic mass is 10.3. The predicted octanol–water partition coefficient (Wildman–Crippen LogP) is 1.35. The van der Waals surface area contributed by atoms with Crippen molar-refractivity contribution in [3.63, 3.8) is 0 Å². The van der Waals surface area contributed by atoms with Gasteiger partial charge >= 0.3 is 0 Å². The number of ether oxygens (including phenoxy) is 1. The van der Waals surface area contributed by atoms with Gasteiger partial charge in [-0.25, -0.2) is 4.39 Å². The van der Waals surface area contributed by atoms with Gasteiger partial charge in [-0.1, -0.05) is 0 Å². The fourth-order valence-electron chi connectivity index (χ4n) is 2.08. The Morgan fingerprint density at radius 1 is 1.33 bits per heavy atom. The highest BCUT2D eigenvalue weighted by Gasteiger charge is 2.09.